The van der Waals surface area contributed by atoms with E-state index in [-0.39, 0.29) is 12.3 Å². The molecule has 0 unspecified atom stereocenters. The van der Waals surface area contributed by atoms with E-state index in [9.17, 15) is 10.1 Å². The highest BCUT2D eigenvalue weighted by Crippen LogP contribution is 2.29. The van der Waals surface area contributed by atoms with Gasteiger partial charge in [-0.25, -0.2) is 0 Å². The van der Waals surface area contributed by atoms with Crippen LogP contribution in [0, 0.1) is 17.3 Å². The molecule has 0 bridgehead atoms. The molecule has 2 aromatic carbocycles. The van der Waals surface area contributed by atoms with Crippen molar-refractivity contribution in [1.29, 1.82) is 0 Å². The van der Waals surface area contributed by atoms with Gasteiger partial charge in [-0.3, -0.25) is 15.5 Å². The Balaban J connectivity index is 2.06. The van der Waals surface area contributed by atoms with Crippen LogP contribution in [0.15, 0.2) is 41.5 Å². The van der Waals surface area contributed by atoms with Crippen molar-refractivity contribution in [2.24, 2.45) is 5.10 Å². The average molecular weight is 610 g/mol. The quantitative estimate of drug-likeness (QED) is 0.161. The summed E-state index contributed by atoms with van der Waals surface area (Å²) in [7, 11) is 0. The number of nitrogens with zero attached hydrogens (tertiary/aromatic N) is 2. The number of nitro groups is 1. The van der Waals surface area contributed by atoms with Crippen LogP contribution in [-0.2, 0) is 6.61 Å². The van der Waals surface area contributed by atoms with Crippen LogP contribution >= 0.6 is 57.4 Å². The molecule has 0 amide bonds. The third-order valence-electron chi connectivity index (χ3n) is 3.24. The van der Waals surface area contributed by atoms with Crippen LogP contribution in [0.2, 0.25) is 0 Å². The molecule has 0 aliphatic heterocycles. The zero-order valence-electron chi connectivity index (χ0n) is 14.2. The molecule has 2 rings (SSSR count). The van der Waals surface area contributed by atoms with Crippen LogP contribution in [0.3, 0.4) is 0 Å². The summed E-state index contributed by atoms with van der Waals surface area (Å²) in [6.45, 7) is 2.93. The summed E-state index contributed by atoms with van der Waals surface area (Å²) < 4.78 is 7.72. The molecule has 0 saturated carbocycles. The molecule has 7 nitrogen and oxygen atoms in total. The molecule has 0 heterocycles. The lowest BCUT2D eigenvalue weighted by atomic mass is 10.2. The van der Waals surface area contributed by atoms with E-state index in [1.165, 1.54) is 12.1 Å². The molecule has 0 spiro atoms. The van der Waals surface area contributed by atoms with Gasteiger partial charge in [0.25, 0.3) is 5.69 Å². The predicted molar refractivity (Wildman–Crippen MR) is 126 cm³/mol. The van der Waals surface area contributed by atoms with Crippen LogP contribution in [0.5, 0.6) is 5.75 Å². The van der Waals surface area contributed by atoms with Crippen LogP contribution in [0.1, 0.15) is 18.1 Å². The Morgan fingerprint density at radius 2 is 2.04 bits per heavy atom. The molecule has 0 aliphatic carbocycles. The normalized spacial score (nSPS) is 10.6. The van der Waals surface area contributed by atoms with Crippen molar-refractivity contribution in [2.75, 3.05) is 6.54 Å². The van der Waals surface area contributed by atoms with E-state index >= 15 is 0 Å². The van der Waals surface area contributed by atoms with E-state index < -0.39 is 4.92 Å². The highest BCUT2D eigenvalue weighted by Gasteiger charge is 2.10. The molecule has 0 saturated heterocycles. The Labute approximate surface area is 189 Å². The van der Waals surface area contributed by atoms with E-state index in [2.05, 4.69) is 61.0 Å². The Hall–Kier alpha value is -1.54. The maximum atomic E-state index is 10.9. The molecule has 142 valence electrons. The first-order valence-corrected chi connectivity index (χ1v) is 10.4. The van der Waals surface area contributed by atoms with Gasteiger partial charge in [0, 0.05) is 18.7 Å². The highest BCUT2D eigenvalue weighted by atomic mass is 127. The Kier molecular flexibility index (Phi) is 8.63. The van der Waals surface area contributed by atoms with E-state index in [1.807, 2.05) is 19.1 Å². The average Bonchev–Trinajstić information content (AvgIpc) is 2.61. The van der Waals surface area contributed by atoms with Crippen molar-refractivity contribution in [1.82, 2.24) is 10.7 Å². The lowest BCUT2D eigenvalue weighted by molar-refractivity contribution is -0.384. The number of benzene rings is 2. The van der Waals surface area contributed by atoms with Gasteiger partial charge < -0.3 is 10.1 Å². The number of ether oxygens (including phenoxy) is 1. The molecule has 10 heteroatoms. The lowest BCUT2D eigenvalue weighted by Crippen LogP contribution is -2.31. The third kappa shape index (κ3) is 6.84. The number of halogens is 2. The second kappa shape index (κ2) is 10.7. The van der Waals surface area contributed by atoms with Crippen molar-refractivity contribution >= 4 is 74.4 Å². The molecule has 2 N–H and O–H groups in total. The number of hydrogen-bond acceptors (Lipinski definition) is 5. The Bertz CT molecular complexity index is 854. The van der Waals surface area contributed by atoms with Gasteiger partial charge in [0.05, 0.1) is 18.3 Å². The predicted octanol–water partition coefficient (Wildman–Crippen LogP) is 4.20. The fraction of sp³-hybridized carbons (Fsp3) is 0.176. The van der Waals surface area contributed by atoms with Crippen LogP contribution in [-0.4, -0.2) is 22.8 Å². The number of nitrogens with one attached hydrogen (secondary N) is 2. The van der Waals surface area contributed by atoms with Gasteiger partial charge in [-0.05, 0) is 87.6 Å². The van der Waals surface area contributed by atoms with E-state index in [0.717, 1.165) is 30.6 Å². The fourth-order valence-electron chi connectivity index (χ4n) is 2.07. The minimum atomic E-state index is -0.416. The largest absolute Gasteiger partial charge is 0.487 e. The second-order valence-electron chi connectivity index (χ2n) is 5.26. The molecule has 0 atom stereocenters. The molecule has 2 aromatic rings. The number of hydrogen-bond donors (Lipinski definition) is 2. The summed E-state index contributed by atoms with van der Waals surface area (Å²) >= 11 is 9.43. The van der Waals surface area contributed by atoms with Crippen molar-refractivity contribution in [3.8, 4) is 5.75 Å². The minimum Gasteiger partial charge on any atom is -0.487 e. The summed E-state index contributed by atoms with van der Waals surface area (Å²) in [6, 6.07) is 10.3. The fourth-order valence-corrected chi connectivity index (χ4v) is 4.40. The molecular formula is C17H16I2N4O3S. The van der Waals surface area contributed by atoms with Gasteiger partial charge >= 0.3 is 0 Å². The lowest BCUT2D eigenvalue weighted by Gasteiger charge is -2.11. The first kappa shape index (κ1) is 21.8. The van der Waals surface area contributed by atoms with Gasteiger partial charge in [-0.15, -0.1) is 0 Å². The zero-order chi connectivity index (χ0) is 19.8. The molecule has 27 heavy (non-hydrogen) atoms. The molecule has 0 aromatic heterocycles. The standard InChI is InChI=1S/C17H16I2N4O3S/c1-2-20-17(27)22-21-9-12-7-14(18)16(15(19)8-12)26-10-11-4-3-5-13(6-11)23(24)25/h3-9H,2,10H2,1H3,(H2,20,22,27)/b21-9-. The number of thiocarbonyl (C=S) groups is 1. The summed E-state index contributed by atoms with van der Waals surface area (Å²) in [5, 5.41) is 18.4. The minimum absolute atomic E-state index is 0.0510. The van der Waals surface area contributed by atoms with Crippen molar-refractivity contribution in [3.05, 3.63) is 64.8 Å². The van der Waals surface area contributed by atoms with Crippen LogP contribution in [0.4, 0.5) is 5.69 Å². The monoisotopic (exact) mass is 610 g/mol. The SMILES string of the molecule is CCNC(=S)N/N=C\c1cc(I)c(OCc2cccc([N+](=O)[O-])c2)c(I)c1. The van der Waals surface area contributed by atoms with E-state index in [4.69, 9.17) is 17.0 Å². The van der Waals surface area contributed by atoms with Crippen molar-refractivity contribution < 1.29 is 9.66 Å². The van der Waals surface area contributed by atoms with E-state index in [1.54, 1.807) is 18.3 Å². The maximum absolute atomic E-state index is 10.9. The smallest absolute Gasteiger partial charge is 0.269 e. The first-order valence-electron chi connectivity index (χ1n) is 7.82. The van der Waals surface area contributed by atoms with Crippen LogP contribution in [0.25, 0.3) is 0 Å². The summed E-state index contributed by atoms with van der Waals surface area (Å²) in [5.74, 6) is 0.732. The van der Waals surface area contributed by atoms with Gasteiger partial charge in [-0.1, -0.05) is 12.1 Å². The van der Waals surface area contributed by atoms with Crippen molar-refractivity contribution in [2.45, 2.75) is 13.5 Å². The summed E-state index contributed by atoms with van der Waals surface area (Å²) in [5.41, 5.74) is 4.44. The van der Waals surface area contributed by atoms with Gasteiger partial charge in [-0.2, -0.15) is 5.10 Å². The van der Waals surface area contributed by atoms with Gasteiger partial charge in [0.2, 0.25) is 0 Å². The topological polar surface area (TPSA) is 88.8 Å². The first-order chi connectivity index (χ1) is 12.9. The zero-order valence-corrected chi connectivity index (χ0v) is 19.4. The van der Waals surface area contributed by atoms with Gasteiger partial charge in [0.1, 0.15) is 12.4 Å². The molecular weight excluding hydrogens is 594 g/mol. The second-order valence-corrected chi connectivity index (χ2v) is 7.99. The van der Waals surface area contributed by atoms with Crippen LogP contribution < -0.4 is 15.5 Å². The van der Waals surface area contributed by atoms with E-state index in [0.29, 0.717) is 5.11 Å². The Morgan fingerprint density at radius 3 is 2.67 bits per heavy atom. The highest BCUT2D eigenvalue weighted by molar-refractivity contribution is 14.1. The molecule has 0 aliphatic rings. The third-order valence-corrected chi connectivity index (χ3v) is 5.08. The number of rotatable bonds is 7. The number of hydrazone groups is 1. The summed E-state index contributed by atoms with van der Waals surface area (Å²) in [6.07, 6.45) is 1.68. The molecule has 0 radical (unpaired) electrons. The summed E-state index contributed by atoms with van der Waals surface area (Å²) in [4.78, 5) is 10.5. The Morgan fingerprint density at radius 1 is 1.33 bits per heavy atom. The van der Waals surface area contributed by atoms with Crippen molar-refractivity contribution in [3.63, 3.8) is 0 Å². The van der Waals surface area contributed by atoms with Gasteiger partial charge in [0.15, 0.2) is 5.11 Å². The number of non-ortho nitro benzene ring substituents is 1. The maximum Gasteiger partial charge on any atom is 0.269 e. The number of nitro benzene ring substituents is 1. The molecule has 0 fully saturated rings.